The van der Waals surface area contributed by atoms with Gasteiger partial charge in [-0.1, -0.05) is 11.6 Å². The van der Waals surface area contributed by atoms with Gasteiger partial charge in [0.15, 0.2) is 8.88 Å². The number of halogens is 2. The molecule has 5 nitrogen and oxygen atoms in total. The average molecular weight is 459 g/mol. The minimum absolute atomic E-state index is 0.0218. The molecule has 1 N–H and O–H groups in total. The van der Waals surface area contributed by atoms with Crippen LogP contribution < -0.4 is 10.2 Å². The molecule has 0 bridgehead atoms. The number of nitrogens with zero attached hydrogens (tertiary/aromatic N) is 1. The first kappa shape index (κ1) is 16.2. The van der Waals surface area contributed by atoms with E-state index in [2.05, 4.69) is 5.32 Å². The maximum Gasteiger partial charge on any atom is 0.270 e. The molecule has 8 heteroatoms. The molecule has 1 aliphatic rings. The third kappa shape index (κ3) is 3.31. The van der Waals surface area contributed by atoms with Crippen molar-refractivity contribution in [3.63, 3.8) is 0 Å². The predicted molar refractivity (Wildman–Crippen MR) is 99.1 cm³/mol. The van der Waals surface area contributed by atoms with E-state index in [1.54, 1.807) is 36.4 Å². The smallest absolute Gasteiger partial charge is 0.270 e. The van der Waals surface area contributed by atoms with Crippen LogP contribution >= 0.6 is 46.4 Å². The molecule has 1 aliphatic heterocycles. The van der Waals surface area contributed by atoms with Gasteiger partial charge in [-0.05, 0) is 77.3 Å². The van der Waals surface area contributed by atoms with Gasteiger partial charge in [0.05, 0.1) is 5.69 Å². The zero-order chi connectivity index (χ0) is 16.6. The summed E-state index contributed by atoms with van der Waals surface area (Å²) in [6.07, 6.45) is 1.39. The lowest BCUT2D eigenvalue weighted by Crippen LogP contribution is -2.54. The Morgan fingerprint density at radius 2 is 1.87 bits per heavy atom. The van der Waals surface area contributed by atoms with Crippen molar-refractivity contribution < 1.29 is 14.0 Å². The lowest BCUT2D eigenvalue weighted by Gasteiger charge is -2.28. The van der Waals surface area contributed by atoms with Crippen LogP contribution in [0.15, 0.2) is 46.4 Å². The highest BCUT2D eigenvalue weighted by Gasteiger charge is 2.34. The van der Waals surface area contributed by atoms with Gasteiger partial charge >= 0.3 is 0 Å². The number of anilines is 1. The van der Waals surface area contributed by atoms with Crippen molar-refractivity contribution in [1.29, 1.82) is 0 Å². The van der Waals surface area contributed by atoms with Gasteiger partial charge in [0.25, 0.3) is 11.8 Å². The number of furan rings is 1. The highest BCUT2D eigenvalue weighted by molar-refractivity contribution is 14.1. The first-order chi connectivity index (χ1) is 11.0. The Kier molecular flexibility index (Phi) is 4.51. The van der Waals surface area contributed by atoms with Crippen LogP contribution in [-0.4, -0.2) is 16.9 Å². The highest BCUT2D eigenvalue weighted by atomic mass is 127. The Morgan fingerprint density at radius 1 is 1.17 bits per heavy atom. The summed E-state index contributed by atoms with van der Waals surface area (Å²) >= 11 is 13.0. The van der Waals surface area contributed by atoms with Gasteiger partial charge < -0.3 is 4.42 Å². The minimum Gasteiger partial charge on any atom is -0.451 e. The van der Waals surface area contributed by atoms with Crippen LogP contribution in [0.5, 0.6) is 0 Å². The fourth-order valence-corrected chi connectivity index (χ4v) is 2.87. The third-order valence-corrected chi connectivity index (χ3v) is 4.18. The zero-order valence-electron chi connectivity index (χ0n) is 11.4. The average Bonchev–Trinajstić information content (AvgIpc) is 2.91. The summed E-state index contributed by atoms with van der Waals surface area (Å²) in [6, 6.07) is 9.99. The fourth-order valence-electron chi connectivity index (χ4n) is 2.03. The summed E-state index contributed by atoms with van der Waals surface area (Å²) in [5.74, 6) is -0.666. The largest absolute Gasteiger partial charge is 0.451 e. The van der Waals surface area contributed by atoms with Gasteiger partial charge in [0.1, 0.15) is 11.3 Å². The Balaban J connectivity index is 2.00. The number of nitrogens with one attached hydrogen (secondary N) is 1. The molecule has 1 fully saturated rings. The maximum atomic E-state index is 12.7. The van der Waals surface area contributed by atoms with Crippen LogP contribution in [0.3, 0.4) is 0 Å². The molecule has 1 aromatic carbocycles. The third-order valence-electron chi connectivity index (χ3n) is 3.07. The van der Waals surface area contributed by atoms with E-state index in [0.717, 1.165) is 0 Å². The number of hydrogen-bond acceptors (Lipinski definition) is 4. The van der Waals surface area contributed by atoms with Crippen LogP contribution in [0.25, 0.3) is 6.08 Å². The molecule has 0 saturated carbocycles. The first-order valence-corrected chi connectivity index (χ1v) is 8.24. The Labute approximate surface area is 155 Å². The monoisotopic (exact) mass is 458 g/mol. The second-order valence-corrected chi connectivity index (χ2v) is 6.46. The van der Waals surface area contributed by atoms with E-state index in [9.17, 15) is 9.59 Å². The minimum atomic E-state index is -0.559. The molecule has 3 rings (SSSR count). The zero-order valence-corrected chi connectivity index (χ0v) is 15.1. The molecule has 0 unspecified atom stereocenters. The van der Waals surface area contributed by atoms with Crippen molar-refractivity contribution in [2.75, 3.05) is 4.90 Å². The van der Waals surface area contributed by atoms with Crippen LogP contribution in [0.4, 0.5) is 5.69 Å². The molecular formula is C15H8ClIN2O3S. The van der Waals surface area contributed by atoms with E-state index in [-0.39, 0.29) is 10.7 Å². The first-order valence-electron chi connectivity index (χ1n) is 6.38. The molecule has 0 spiro atoms. The molecule has 2 heterocycles. The van der Waals surface area contributed by atoms with Crippen molar-refractivity contribution in [1.82, 2.24) is 5.32 Å². The number of carbonyl (C=O) groups excluding carboxylic acids is 2. The predicted octanol–water partition coefficient (Wildman–Crippen LogP) is 3.37. The molecule has 2 aromatic rings. The van der Waals surface area contributed by atoms with Crippen molar-refractivity contribution in [3.8, 4) is 0 Å². The van der Waals surface area contributed by atoms with E-state index in [1.165, 1.54) is 11.0 Å². The number of thiocarbonyl (C=S) groups is 1. The number of rotatable bonds is 2. The SMILES string of the molecule is O=C1NC(=S)N(c2ccc(Cl)cc2)C(=O)/C1=C\c1ccc(I)o1. The summed E-state index contributed by atoms with van der Waals surface area (Å²) in [4.78, 5) is 26.0. The lowest BCUT2D eigenvalue weighted by molar-refractivity contribution is -0.122. The Bertz CT molecular complexity index is 845. The van der Waals surface area contributed by atoms with Crippen LogP contribution in [-0.2, 0) is 9.59 Å². The molecule has 116 valence electrons. The highest BCUT2D eigenvalue weighted by Crippen LogP contribution is 2.24. The van der Waals surface area contributed by atoms with Crippen LogP contribution in [0.2, 0.25) is 5.02 Å². The van der Waals surface area contributed by atoms with Gasteiger partial charge in [-0.15, -0.1) is 0 Å². The Hall–Kier alpha value is -1.71. The molecule has 0 aliphatic carbocycles. The molecule has 1 aromatic heterocycles. The van der Waals surface area contributed by atoms with Gasteiger partial charge in [-0.3, -0.25) is 19.8 Å². The quantitative estimate of drug-likeness (QED) is 0.324. The van der Waals surface area contributed by atoms with Gasteiger partial charge in [-0.25, -0.2) is 0 Å². The van der Waals surface area contributed by atoms with E-state index in [1.807, 2.05) is 22.6 Å². The van der Waals surface area contributed by atoms with E-state index in [4.69, 9.17) is 28.2 Å². The van der Waals surface area contributed by atoms with Crippen LogP contribution in [0, 0.1) is 3.77 Å². The second-order valence-electron chi connectivity index (χ2n) is 4.58. The summed E-state index contributed by atoms with van der Waals surface area (Å²) in [5, 5.41) is 3.06. The van der Waals surface area contributed by atoms with Crippen molar-refractivity contribution in [2.24, 2.45) is 0 Å². The van der Waals surface area contributed by atoms with Crippen molar-refractivity contribution in [3.05, 3.63) is 56.5 Å². The maximum absolute atomic E-state index is 12.7. The fraction of sp³-hybridized carbons (Fsp3) is 0. The topological polar surface area (TPSA) is 62.6 Å². The van der Waals surface area contributed by atoms with Gasteiger partial charge in [0, 0.05) is 5.02 Å². The van der Waals surface area contributed by atoms with Crippen molar-refractivity contribution >= 4 is 75.1 Å². The second kappa shape index (κ2) is 6.42. The molecule has 2 amide bonds. The number of carbonyl (C=O) groups is 2. The van der Waals surface area contributed by atoms with Gasteiger partial charge in [0.2, 0.25) is 0 Å². The molecule has 23 heavy (non-hydrogen) atoms. The molecule has 0 atom stereocenters. The summed E-state index contributed by atoms with van der Waals surface area (Å²) in [5.41, 5.74) is 0.462. The number of amides is 2. The standard InChI is InChI=1S/C15H8ClIN2O3S/c16-8-1-3-9(4-2-8)19-14(21)11(13(20)18-15(19)23)7-10-5-6-12(17)22-10/h1-7H,(H,18,20,23)/b11-7-. The van der Waals surface area contributed by atoms with E-state index < -0.39 is 11.8 Å². The molecular weight excluding hydrogens is 451 g/mol. The summed E-state index contributed by atoms with van der Waals surface area (Å²) in [6.45, 7) is 0. The Morgan fingerprint density at radius 3 is 2.48 bits per heavy atom. The van der Waals surface area contributed by atoms with Crippen molar-refractivity contribution in [2.45, 2.75) is 0 Å². The molecule has 0 radical (unpaired) electrons. The lowest BCUT2D eigenvalue weighted by atomic mass is 10.1. The van der Waals surface area contributed by atoms with E-state index in [0.29, 0.717) is 20.2 Å². The number of hydrogen-bond donors (Lipinski definition) is 1. The molecule has 1 saturated heterocycles. The summed E-state index contributed by atoms with van der Waals surface area (Å²) < 4.78 is 6.03. The van der Waals surface area contributed by atoms with Gasteiger partial charge in [-0.2, -0.15) is 0 Å². The summed E-state index contributed by atoms with van der Waals surface area (Å²) in [7, 11) is 0. The van der Waals surface area contributed by atoms with Crippen LogP contribution in [0.1, 0.15) is 5.76 Å². The van der Waals surface area contributed by atoms with E-state index >= 15 is 0 Å². The number of benzene rings is 1. The normalized spacial score (nSPS) is 16.9.